The van der Waals surface area contributed by atoms with E-state index >= 15 is 0 Å². The van der Waals surface area contributed by atoms with E-state index in [4.69, 9.17) is 0 Å². The summed E-state index contributed by atoms with van der Waals surface area (Å²) in [5.41, 5.74) is -0.361. The molecule has 1 nitrogen and oxygen atoms in total. The number of aliphatic hydroxyl groups is 1. The topological polar surface area (TPSA) is 20.2 Å². The molecule has 0 unspecified atom stereocenters. The van der Waals surface area contributed by atoms with E-state index in [1.165, 1.54) is 51.4 Å². The third kappa shape index (κ3) is 10.1. The van der Waals surface area contributed by atoms with Crippen LogP contribution in [0.15, 0.2) is 0 Å². The summed E-state index contributed by atoms with van der Waals surface area (Å²) in [5.74, 6) is 0. The number of rotatable bonds is 12. The second-order valence-electron chi connectivity index (χ2n) is 5.28. The van der Waals surface area contributed by atoms with Crippen molar-refractivity contribution in [3.8, 4) is 0 Å². The molecule has 0 radical (unpaired) electrons. The molecular weight excluding hydrogens is 276 g/mol. The zero-order valence-corrected chi connectivity index (χ0v) is 13.4. The highest BCUT2D eigenvalue weighted by atomic mass is 79.9. The molecule has 0 aliphatic rings. The Balaban J connectivity index is 3.82. The van der Waals surface area contributed by atoms with Crippen LogP contribution >= 0.6 is 15.9 Å². The summed E-state index contributed by atoms with van der Waals surface area (Å²) in [6, 6.07) is 0. The SMILES string of the molecule is CCCCC(O)(CCCC)CCCCCCBr. The minimum Gasteiger partial charge on any atom is -0.390 e. The first-order chi connectivity index (χ1) is 8.18. The summed E-state index contributed by atoms with van der Waals surface area (Å²) in [4.78, 5) is 0. The van der Waals surface area contributed by atoms with Crippen LogP contribution in [0.3, 0.4) is 0 Å². The molecule has 0 atom stereocenters. The fraction of sp³-hybridized carbons (Fsp3) is 1.00. The maximum Gasteiger partial charge on any atom is 0.0647 e. The summed E-state index contributed by atoms with van der Waals surface area (Å²) >= 11 is 3.46. The number of hydrogen-bond donors (Lipinski definition) is 1. The molecule has 0 bridgehead atoms. The molecule has 1 N–H and O–H groups in total. The van der Waals surface area contributed by atoms with Crippen LogP contribution in [0.4, 0.5) is 0 Å². The fourth-order valence-electron chi connectivity index (χ4n) is 2.29. The lowest BCUT2D eigenvalue weighted by molar-refractivity contribution is 0.00791. The average molecular weight is 307 g/mol. The third-order valence-electron chi connectivity index (χ3n) is 3.52. The van der Waals surface area contributed by atoms with Gasteiger partial charge in [-0.3, -0.25) is 0 Å². The number of halogens is 1. The molecule has 0 saturated carbocycles. The predicted octanol–water partition coefficient (Wildman–Crippen LogP) is 5.44. The Kier molecular flexibility index (Phi) is 11.8. The van der Waals surface area contributed by atoms with Crippen LogP contribution in [0.2, 0.25) is 0 Å². The quantitative estimate of drug-likeness (QED) is 0.376. The molecular formula is C15H31BrO. The lowest BCUT2D eigenvalue weighted by Crippen LogP contribution is -2.28. The summed E-state index contributed by atoms with van der Waals surface area (Å²) in [5, 5.41) is 11.7. The van der Waals surface area contributed by atoms with Crippen molar-refractivity contribution in [2.24, 2.45) is 0 Å². The third-order valence-corrected chi connectivity index (χ3v) is 4.08. The van der Waals surface area contributed by atoms with Gasteiger partial charge in [0.25, 0.3) is 0 Å². The Morgan fingerprint density at radius 3 is 1.71 bits per heavy atom. The van der Waals surface area contributed by atoms with Gasteiger partial charge in [-0.05, 0) is 25.7 Å². The summed E-state index contributed by atoms with van der Waals surface area (Å²) in [6.07, 6.45) is 12.8. The van der Waals surface area contributed by atoms with Crippen LogP contribution in [0, 0.1) is 0 Å². The lowest BCUT2D eigenvalue weighted by Gasteiger charge is -2.28. The van der Waals surface area contributed by atoms with E-state index < -0.39 is 0 Å². The smallest absolute Gasteiger partial charge is 0.0647 e. The second-order valence-corrected chi connectivity index (χ2v) is 6.08. The Morgan fingerprint density at radius 1 is 0.765 bits per heavy atom. The van der Waals surface area contributed by atoms with Gasteiger partial charge >= 0.3 is 0 Å². The Labute approximate surface area is 117 Å². The van der Waals surface area contributed by atoms with E-state index in [9.17, 15) is 5.11 Å². The van der Waals surface area contributed by atoms with E-state index in [1.807, 2.05) is 0 Å². The lowest BCUT2D eigenvalue weighted by atomic mass is 9.86. The number of alkyl halides is 1. The minimum absolute atomic E-state index is 0.361. The summed E-state index contributed by atoms with van der Waals surface area (Å²) in [6.45, 7) is 4.41. The van der Waals surface area contributed by atoms with Crippen LogP contribution in [-0.2, 0) is 0 Å². The summed E-state index contributed by atoms with van der Waals surface area (Å²) < 4.78 is 0. The first-order valence-corrected chi connectivity index (χ1v) is 8.59. The highest BCUT2D eigenvalue weighted by Gasteiger charge is 2.24. The number of hydrogen-bond acceptors (Lipinski definition) is 1. The van der Waals surface area contributed by atoms with Gasteiger partial charge < -0.3 is 5.11 Å². The van der Waals surface area contributed by atoms with Crippen molar-refractivity contribution in [2.75, 3.05) is 5.33 Å². The zero-order valence-electron chi connectivity index (χ0n) is 11.8. The van der Waals surface area contributed by atoms with Gasteiger partial charge in [0.1, 0.15) is 0 Å². The van der Waals surface area contributed by atoms with Gasteiger partial charge in [0.15, 0.2) is 0 Å². The normalized spacial score (nSPS) is 12.0. The van der Waals surface area contributed by atoms with Crippen molar-refractivity contribution in [3.63, 3.8) is 0 Å². The zero-order chi connectivity index (χ0) is 13.0. The second kappa shape index (κ2) is 11.5. The van der Waals surface area contributed by atoms with E-state index in [2.05, 4.69) is 29.8 Å². The highest BCUT2D eigenvalue weighted by molar-refractivity contribution is 9.09. The van der Waals surface area contributed by atoms with Gasteiger partial charge in [-0.1, -0.05) is 74.7 Å². The van der Waals surface area contributed by atoms with Crippen molar-refractivity contribution in [1.29, 1.82) is 0 Å². The first-order valence-electron chi connectivity index (χ1n) is 7.47. The van der Waals surface area contributed by atoms with E-state index in [1.54, 1.807) is 0 Å². The molecule has 0 rings (SSSR count). The molecule has 104 valence electrons. The molecule has 17 heavy (non-hydrogen) atoms. The van der Waals surface area contributed by atoms with E-state index in [0.717, 1.165) is 24.6 Å². The summed E-state index contributed by atoms with van der Waals surface area (Å²) in [7, 11) is 0. The van der Waals surface area contributed by atoms with Crippen molar-refractivity contribution >= 4 is 15.9 Å². The fourth-order valence-corrected chi connectivity index (χ4v) is 2.69. The molecule has 0 amide bonds. The number of unbranched alkanes of at least 4 members (excludes halogenated alkanes) is 5. The predicted molar refractivity (Wildman–Crippen MR) is 80.9 cm³/mol. The molecule has 0 aromatic carbocycles. The Bertz CT molecular complexity index is 151. The molecule has 0 aromatic rings. The van der Waals surface area contributed by atoms with Crippen LogP contribution < -0.4 is 0 Å². The molecule has 0 saturated heterocycles. The highest BCUT2D eigenvalue weighted by Crippen LogP contribution is 2.27. The van der Waals surface area contributed by atoms with Crippen molar-refractivity contribution in [1.82, 2.24) is 0 Å². The van der Waals surface area contributed by atoms with Gasteiger partial charge in [-0.25, -0.2) is 0 Å². The van der Waals surface area contributed by atoms with Crippen molar-refractivity contribution in [3.05, 3.63) is 0 Å². The Morgan fingerprint density at radius 2 is 1.24 bits per heavy atom. The van der Waals surface area contributed by atoms with Gasteiger partial charge in [-0.15, -0.1) is 0 Å². The van der Waals surface area contributed by atoms with Gasteiger partial charge in [0.05, 0.1) is 5.60 Å². The minimum atomic E-state index is -0.361. The van der Waals surface area contributed by atoms with Crippen LogP contribution in [0.1, 0.15) is 84.5 Å². The van der Waals surface area contributed by atoms with Crippen LogP contribution in [0.5, 0.6) is 0 Å². The molecule has 0 fully saturated rings. The van der Waals surface area contributed by atoms with E-state index in [-0.39, 0.29) is 5.60 Å². The standard InChI is InChI=1S/C15H31BrO/c1-3-5-11-15(17,12-6-4-2)13-9-7-8-10-14-16/h17H,3-14H2,1-2H3. The van der Waals surface area contributed by atoms with Crippen molar-refractivity contribution in [2.45, 2.75) is 90.1 Å². The first kappa shape index (κ1) is 17.4. The monoisotopic (exact) mass is 306 g/mol. The molecule has 0 aliphatic heterocycles. The largest absolute Gasteiger partial charge is 0.390 e. The van der Waals surface area contributed by atoms with Gasteiger partial charge in [0.2, 0.25) is 0 Å². The maximum atomic E-state index is 10.6. The maximum absolute atomic E-state index is 10.6. The molecule has 0 aliphatic carbocycles. The Hall–Kier alpha value is 0.440. The van der Waals surface area contributed by atoms with Crippen LogP contribution in [0.25, 0.3) is 0 Å². The molecule has 0 aromatic heterocycles. The molecule has 0 spiro atoms. The van der Waals surface area contributed by atoms with Gasteiger partial charge in [-0.2, -0.15) is 0 Å². The molecule has 0 heterocycles. The molecule has 2 heteroatoms. The van der Waals surface area contributed by atoms with Crippen LogP contribution in [-0.4, -0.2) is 16.0 Å². The van der Waals surface area contributed by atoms with Gasteiger partial charge in [0, 0.05) is 5.33 Å². The van der Waals surface area contributed by atoms with E-state index in [0.29, 0.717) is 0 Å². The van der Waals surface area contributed by atoms with Crippen molar-refractivity contribution < 1.29 is 5.11 Å². The average Bonchev–Trinajstić information content (AvgIpc) is 2.34.